The average molecular weight is 310 g/mol. The van der Waals surface area contributed by atoms with Crippen LogP contribution < -0.4 is 0 Å². The molecule has 0 saturated carbocycles. The highest BCUT2D eigenvalue weighted by Crippen LogP contribution is 2.38. The fraction of sp³-hybridized carbons (Fsp3) is 0.929. The van der Waals surface area contributed by atoms with Gasteiger partial charge in [0.25, 0.3) is 0 Å². The van der Waals surface area contributed by atoms with Crippen molar-refractivity contribution in [1.82, 2.24) is 9.80 Å². The molecule has 0 spiro atoms. The van der Waals surface area contributed by atoms with Crippen LogP contribution in [-0.2, 0) is 4.79 Å². The van der Waals surface area contributed by atoms with E-state index in [4.69, 9.17) is 0 Å². The number of rotatable bonds is 6. The number of alkyl halides is 3. The van der Waals surface area contributed by atoms with Crippen LogP contribution in [0.2, 0.25) is 0 Å². The van der Waals surface area contributed by atoms with E-state index in [9.17, 15) is 23.1 Å². The SMILES string of the molecule is CCCN(CCC)C(=O)CN1CCC(O)(C(F)(F)F)CC1. The van der Waals surface area contributed by atoms with Gasteiger partial charge in [-0.1, -0.05) is 13.8 Å². The Kier molecular flexibility index (Phi) is 6.46. The Morgan fingerprint density at radius 2 is 1.67 bits per heavy atom. The van der Waals surface area contributed by atoms with Crippen molar-refractivity contribution < 1.29 is 23.1 Å². The van der Waals surface area contributed by atoms with E-state index in [1.54, 1.807) is 9.80 Å². The van der Waals surface area contributed by atoms with Gasteiger partial charge in [0.15, 0.2) is 5.60 Å². The third-order valence-electron chi connectivity index (χ3n) is 3.91. The van der Waals surface area contributed by atoms with Gasteiger partial charge in [0, 0.05) is 26.2 Å². The van der Waals surface area contributed by atoms with Crippen LogP contribution in [0.3, 0.4) is 0 Å². The molecule has 0 aromatic carbocycles. The second-order valence-corrected chi connectivity index (χ2v) is 5.69. The van der Waals surface area contributed by atoms with Crippen LogP contribution >= 0.6 is 0 Å². The zero-order chi connectivity index (χ0) is 16.1. The standard InChI is InChI=1S/C14H25F3N2O2/c1-3-7-19(8-4-2)12(20)11-18-9-5-13(21,6-10-18)14(15,16)17/h21H,3-11H2,1-2H3. The Morgan fingerprint density at radius 3 is 2.05 bits per heavy atom. The molecule has 1 saturated heterocycles. The summed E-state index contributed by atoms with van der Waals surface area (Å²) in [6.07, 6.45) is -3.62. The fourth-order valence-electron chi connectivity index (χ4n) is 2.56. The molecule has 0 aromatic rings. The molecule has 1 aliphatic rings. The van der Waals surface area contributed by atoms with Crippen LogP contribution in [0, 0.1) is 0 Å². The predicted octanol–water partition coefficient (Wildman–Crippen LogP) is 2.02. The van der Waals surface area contributed by atoms with E-state index >= 15 is 0 Å². The maximum Gasteiger partial charge on any atom is 0.417 e. The molecular weight excluding hydrogens is 285 g/mol. The first-order valence-electron chi connectivity index (χ1n) is 7.52. The van der Waals surface area contributed by atoms with Crippen molar-refractivity contribution in [2.45, 2.75) is 51.3 Å². The molecule has 1 aliphatic heterocycles. The summed E-state index contributed by atoms with van der Waals surface area (Å²) in [5, 5.41) is 9.59. The number of hydrogen-bond donors (Lipinski definition) is 1. The van der Waals surface area contributed by atoms with Crippen LogP contribution in [-0.4, -0.2) is 65.3 Å². The molecule has 7 heteroatoms. The Bertz CT molecular complexity index is 334. The lowest BCUT2D eigenvalue weighted by Gasteiger charge is -2.39. The van der Waals surface area contributed by atoms with E-state index < -0.39 is 11.8 Å². The quantitative estimate of drug-likeness (QED) is 0.816. The average Bonchev–Trinajstić information content (AvgIpc) is 2.40. The number of likely N-dealkylation sites (tertiary alicyclic amines) is 1. The van der Waals surface area contributed by atoms with E-state index in [0.717, 1.165) is 12.8 Å². The lowest BCUT2D eigenvalue weighted by molar-refractivity contribution is -0.272. The monoisotopic (exact) mass is 310 g/mol. The van der Waals surface area contributed by atoms with Gasteiger partial charge in [-0.3, -0.25) is 9.69 Å². The van der Waals surface area contributed by atoms with Crippen molar-refractivity contribution in [2.75, 3.05) is 32.7 Å². The molecule has 0 atom stereocenters. The van der Waals surface area contributed by atoms with E-state index in [-0.39, 0.29) is 38.4 Å². The summed E-state index contributed by atoms with van der Waals surface area (Å²) >= 11 is 0. The number of amides is 1. The molecule has 0 aliphatic carbocycles. The molecule has 1 fully saturated rings. The molecule has 21 heavy (non-hydrogen) atoms. The number of carbonyl (C=O) groups is 1. The van der Waals surface area contributed by atoms with Gasteiger partial charge in [0.2, 0.25) is 5.91 Å². The molecule has 0 bridgehead atoms. The maximum absolute atomic E-state index is 12.7. The minimum atomic E-state index is -4.60. The van der Waals surface area contributed by atoms with Gasteiger partial charge < -0.3 is 10.0 Å². The Hall–Kier alpha value is -0.820. The van der Waals surface area contributed by atoms with Crippen LogP contribution in [0.15, 0.2) is 0 Å². The highest BCUT2D eigenvalue weighted by atomic mass is 19.4. The summed E-state index contributed by atoms with van der Waals surface area (Å²) in [6.45, 7) is 5.64. The Morgan fingerprint density at radius 1 is 1.19 bits per heavy atom. The van der Waals surface area contributed by atoms with Crippen LogP contribution in [0.1, 0.15) is 39.5 Å². The van der Waals surface area contributed by atoms with Crippen molar-refractivity contribution in [3.63, 3.8) is 0 Å². The summed E-state index contributed by atoms with van der Waals surface area (Å²) in [5.74, 6) is -0.0452. The Balaban J connectivity index is 2.50. The maximum atomic E-state index is 12.7. The van der Waals surface area contributed by atoms with Crippen molar-refractivity contribution in [2.24, 2.45) is 0 Å². The first-order valence-corrected chi connectivity index (χ1v) is 7.52. The molecule has 0 radical (unpaired) electrons. The topological polar surface area (TPSA) is 43.8 Å². The van der Waals surface area contributed by atoms with Gasteiger partial charge in [-0.25, -0.2) is 0 Å². The van der Waals surface area contributed by atoms with Gasteiger partial charge >= 0.3 is 6.18 Å². The van der Waals surface area contributed by atoms with Gasteiger partial charge in [-0.2, -0.15) is 13.2 Å². The summed E-state index contributed by atoms with van der Waals surface area (Å²) in [7, 11) is 0. The lowest BCUT2D eigenvalue weighted by Crippen LogP contribution is -2.54. The molecule has 0 unspecified atom stereocenters. The van der Waals surface area contributed by atoms with Gasteiger partial charge in [-0.15, -0.1) is 0 Å². The molecule has 1 heterocycles. The van der Waals surface area contributed by atoms with E-state index in [2.05, 4.69) is 0 Å². The zero-order valence-electron chi connectivity index (χ0n) is 12.7. The van der Waals surface area contributed by atoms with E-state index in [1.807, 2.05) is 13.8 Å². The molecule has 124 valence electrons. The summed E-state index contributed by atoms with van der Waals surface area (Å²) in [5.41, 5.74) is -2.60. The molecular formula is C14H25F3N2O2. The van der Waals surface area contributed by atoms with Crippen LogP contribution in [0.25, 0.3) is 0 Å². The first kappa shape index (κ1) is 18.2. The van der Waals surface area contributed by atoms with Crippen LogP contribution in [0.4, 0.5) is 13.2 Å². The van der Waals surface area contributed by atoms with Gasteiger partial charge in [0.1, 0.15) is 0 Å². The largest absolute Gasteiger partial charge is 0.417 e. The summed E-state index contributed by atoms with van der Waals surface area (Å²) < 4.78 is 38.1. The van der Waals surface area contributed by atoms with E-state index in [1.165, 1.54) is 0 Å². The zero-order valence-corrected chi connectivity index (χ0v) is 12.7. The molecule has 0 aromatic heterocycles. The molecule has 1 rings (SSSR count). The van der Waals surface area contributed by atoms with E-state index in [0.29, 0.717) is 13.1 Å². The second kappa shape index (κ2) is 7.45. The molecule has 1 N–H and O–H groups in total. The third-order valence-corrected chi connectivity index (χ3v) is 3.91. The summed E-state index contributed by atoms with van der Waals surface area (Å²) in [6, 6.07) is 0. The predicted molar refractivity (Wildman–Crippen MR) is 73.8 cm³/mol. The van der Waals surface area contributed by atoms with Crippen molar-refractivity contribution in [3.8, 4) is 0 Å². The fourth-order valence-corrected chi connectivity index (χ4v) is 2.56. The highest BCUT2D eigenvalue weighted by molar-refractivity contribution is 5.78. The number of aliphatic hydroxyl groups is 1. The third kappa shape index (κ3) is 4.85. The molecule has 4 nitrogen and oxygen atoms in total. The second-order valence-electron chi connectivity index (χ2n) is 5.69. The van der Waals surface area contributed by atoms with Gasteiger partial charge in [0.05, 0.1) is 6.54 Å². The first-order chi connectivity index (χ1) is 9.73. The minimum absolute atomic E-state index is 0.0452. The van der Waals surface area contributed by atoms with Crippen LogP contribution in [0.5, 0.6) is 0 Å². The smallest absolute Gasteiger partial charge is 0.380 e. The molecule has 1 amide bonds. The number of piperidine rings is 1. The highest BCUT2D eigenvalue weighted by Gasteiger charge is 2.54. The lowest BCUT2D eigenvalue weighted by atomic mass is 9.91. The number of nitrogens with zero attached hydrogens (tertiary/aromatic N) is 2. The van der Waals surface area contributed by atoms with Crippen molar-refractivity contribution in [1.29, 1.82) is 0 Å². The van der Waals surface area contributed by atoms with Crippen molar-refractivity contribution in [3.05, 3.63) is 0 Å². The van der Waals surface area contributed by atoms with Crippen molar-refractivity contribution >= 4 is 5.91 Å². The number of hydrogen-bond acceptors (Lipinski definition) is 3. The van der Waals surface area contributed by atoms with Gasteiger partial charge in [-0.05, 0) is 25.7 Å². The Labute approximate surface area is 123 Å². The number of halogens is 3. The normalized spacial score (nSPS) is 19.5. The minimum Gasteiger partial charge on any atom is -0.380 e. The number of carbonyl (C=O) groups excluding carboxylic acids is 1. The summed E-state index contributed by atoms with van der Waals surface area (Å²) in [4.78, 5) is 15.6.